The Labute approximate surface area is 158 Å². The summed E-state index contributed by atoms with van der Waals surface area (Å²) in [4.78, 5) is 13.9. The maximum Gasteiger partial charge on any atom is 0.249 e. The van der Waals surface area contributed by atoms with E-state index in [0.717, 1.165) is 5.56 Å². The number of ether oxygens (including phenoxy) is 3. The second-order valence-electron chi connectivity index (χ2n) is 6.12. The Hall–Kier alpha value is -2.86. The highest BCUT2D eigenvalue weighted by molar-refractivity contribution is 5.92. The van der Waals surface area contributed by atoms with Crippen LogP contribution in [-0.4, -0.2) is 44.8 Å². The van der Waals surface area contributed by atoms with Crippen LogP contribution in [0.2, 0.25) is 0 Å². The first-order valence-corrected chi connectivity index (χ1v) is 8.62. The van der Waals surface area contributed by atoms with Gasteiger partial charge in [-0.3, -0.25) is 9.69 Å². The van der Waals surface area contributed by atoms with Crippen LogP contribution >= 0.6 is 0 Å². The lowest BCUT2D eigenvalue weighted by molar-refractivity contribution is -0.169. The molecule has 1 heterocycles. The van der Waals surface area contributed by atoms with Crippen molar-refractivity contribution < 1.29 is 23.4 Å². The molecule has 0 spiro atoms. The third-order valence-electron chi connectivity index (χ3n) is 4.49. The molecule has 1 aliphatic heterocycles. The van der Waals surface area contributed by atoms with Gasteiger partial charge in [0.1, 0.15) is 6.61 Å². The fourth-order valence-electron chi connectivity index (χ4n) is 3.05. The van der Waals surface area contributed by atoms with Crippen LogP contribution in [0.3, 0.4) is 0 Å². The number of morpholine rings is 1. The van der Waals surface area contributed by atoms with Gasteiger partial charge in [0, 0.05) is 18.2 Å². The van der Waals surface area contributed by atoms with Gasteiger partial charge in [0.2, 0.25) is 11.7 Å². The van der Waals surface area contributed by atoms with E-state index in [0.29, 0.717) is 23.7 Å². The van der Waals surface area contributed by atoms with Gasteiger partial charge in [0.25, 0.3) is 0 Å². The van der Waals surface area contributed by atoms with Crippen LogP contribution in [0.1, 0.15) is 11.1 Å². The number of hydrogen-bond acceptors (Lipinski definition) is 4. The Morgan fingerprint density at radius 1 is 1.15 bits per heavy atom. The highest BCUT2D eigenvalue weighted by atomic mass is 19.1. The maximum absolute atomic E-state index is 15.7. The van der Waals surface area contributed by atoms with Crippen LogP contribution in [0.4, 0.5) is 4.39 Å². The van der Waals surface area contributed by atoms with Crippen molar-refractivity contribution in [1.29, 1.82) is 0 Å². The molecule has 0 radical (unpaired) electrons. The van der Waals surface area contributed by atoms with Crippen molar-refractivity contribution in [2.45, 2.75) is 5.79 Å². The molecule has 1 aliphatic rings. The summed E-state index contributed by atoms with van der Waals surface area (Å²) in [5, 5.41) is 0. The molecular formula is C21H22FNO4. The molecular weight excluding hydrogens is 349 g/mol. The predicted octanol–water partition coefficient (Wildman–Crippen LogP) is 3.40. The lowest BCUT2D eigenvalue weighted by Crippen LogP contribution is -2.53. The third kappa shape index (κ3) is 3.95. The number of alkyl halides is 1. The molecule has 1 unspecified atom stereocenters. The van der Waals surface area contributed by atoms with E-state index in [1.807, 2.05) is 0 Å². The standard InChI is InChI=1S/C21H22FNO4/c1-25-18-10-8-16(14-19(18)26-2)9-11-20(24)23-12-13-27-15-21(23,22)17-6-4-3-5-7-17/h3-11,14H,12-13,15H2,1-2H3. The van der Waals surface area contributed by atoms with Crippen LogP contribution in [0, 0.1) is 0 Å². The number of methoxy groups -OCH3 is 2. The minimum Gasteiger partial charge on any atom is -0.493 e. The van der Waals surface area contributed by atoms with E-state index in [-0.39, 0.29) is 13.2 Å². The Morgan fingerprint density at radius 2 is 1.89 bits per heavy atom. The molecule has 1 amide bonds. The van der Waals surface area contributed by atoms with E-state index in [9.17, 15) is 4.79 Å². The van der Waals surface area contributed by atoms with E-state index < -0.39 is 11.7 Å². The molecule has 5 nitrogen and oxygen atoms in total. The number of rotatable bonds is 5. The molecule has 0 aromatic heterocycles. The topological polar surface area (TPSA) is 48.0 Å². The van der Waals surface area contributed by atoms with E-state index in [1.165, 1.54) is 11.0 Å². The van der Waals surface area contributed by atoms with Crippen molar-refractivity contribution in [3.63, 3.8) is 0 Å². The van der Waals surface area contributed by atoms with E-state index in [2.05, 4.69) is 0 Å². The molecule has 1 saturated heterocycles. The monoisotopic (exact) mass is 371 g/mol. The van der Waals surface area contributed by atoms with Crippen molar-refractivity contribution in [3.8, 4) is 11.5 Å². The molecule has 0 saturated carbocycles. The molecule has 0 N–H and O–H groups in total. The Morgan fingerprint density at radius 3 is 2.59 bits per heavy atom. The lowest BCUT2D eigenvalue weighted by atomic mass is 10.0. The van der Waals surface area contributed by atoms with E-state index in [1.54, 1.807) is 68.8 Å². The smallest absolute Gasteiger partial charge is 0.249 e. The number of carbonyl (C=O) groups is 1. The SMILES string of the molecule is COc1ccc(C=CC(=O)N2CCOCC2(F)c2ccccc2)cc1OC. The predicted molar refractivity (Wildman–Crippen MR) is 100 cm³/mol. The molecule has 2 aromatic rings. The summed E-state index contributed by atoms with van der Waals surface area (Å²) in [6.07, 6.45) is 3.00. The Kier molecular flexibility index (Phi) is 5.76. The van der Waals surface area contributed by atoms with Gasteiger partial charge < -0.3 is 14.2 Å². The molecule has 1 atom stereocenters. The molecule has 27 heavy (non-hydrogen) atoms. The lowest BCUT2D eigenvalue weighted by Gasteiger charge is -2.40. The first-order valence-electron chi connectivity index (χ1n) is 8.62. The average molecular weight is 371 g/mol. The summed E-state index contributed by atoms with van der Waals surface area (Å²) < 4.78 is 31.4. The van der Waals surface area contributed by atoms with Crippen molar-refractivity contribution in [2.24, 2.45) is 0 Å². The van der Waals surface area contributed by atoms with Crippen LogP contribution in [0.25, 0.3) is 6.08 Å². The number of benzene rings is 2. The summed E-state index contributed by atoms with van der Waals surface area (Å²) in [5.41, 5.74) is 1.15. The van der Waals surface area contributed by atoms with Gasteiger partial charge in [-0.05, 0) is 23.8 Å². The van der Waals surface area contributed by atoms with Crippen LogP contribution in [0.5, 0.6) is 11.5 Å². The summed E-state index contributed by atoms with van der Waals surface area (Å²) >= 11 is 0. The number of carbonyl (C=O) groups excluding carboxylic acids is 1. The summed E-state index contributed by atoms with van der Waals surface area (Å²) in [6, 6.07) is 13.9. The highest BCUT2D eigenvalue weighted by Crippen LogP contribution is 2.34. The number of amides is 1. The molecule has 2 aromatic carbocycles. The van der Waals surface area contributed by atoms with Gasteiger partial charge in [-0.2, -0.15) is 0 Å². The maximum atomic E-state index is 15.7. The summed E-state index contributed by atoms with van der Waals surface area (Å²) in [6.45, 7) is 0.294. The highest BCUT2D eigenvalue weighted by Gasteiger charge is 2.43. The molecule has 142 valence electrons. The van der Waals surface area contributed by atoms with Crippen LogP contribution < -0.4 is 9.47 Å². The molecule has 3 rings (SSSR count). The number of nitrogens with zero attached hydrogens (tertiary/aromatic N) is 1. The third-order valence-corrected chi connectivity index (χ3v) is 4.49. The molecule has 0 aliphatic carbocycles. The largest absolute Gasteiger partial charge is 0.493 e. The molecule has 0 bridgehead atoms. The quantitative estimate of drug-likeness (QED) is 0.597. The first kappa shape index (κ1) is 18.9. The summed E-state index contributed by atoms with van der Waals surface area (Å²) in [7, 11) is 3.10. The van der Waals surface area contributed by atoms with Gasteiger partial charge in [-0.25, -0.2) is 4.39 Å². The van der Waals surface area contributed by atoms with Crippen molar-refractivity contribution >= 4 is 12.0 Å². The number of halogens is 1. The fourth-order valence-corrected chi connectivity index (χ4v) is 3.05. The van der Waals surface area contributed by atoms with Gasteiger partial charge in [0.15, 0.2) is 11.5 Å². The zero-order valence-electron chi connectivity index (χ0n) is 15.4. The normalized spacial score (nSPS) is 19.9. The fraction of sp³-hybridized carbons (Fsp3) is 0.286. The average Bonchev–Trinajstić information content (AvgIpc) is 2.72. The minimum atomic E-state index is -1.99. The second-order valence-corrected chi connectivity index (χ2v) is 6.12. The van der Waals surface area contributed by atoms with Crippen LogP contribution in [-0.2, 0) is 15.3 Å². The first-order chi connectivity index (χ1) is 13.1. The Balaban J connectivity index is 1.82. The van der Waals surface area contributed by atoms with Crippen molar-refractivity contribution in [3.05, 3.63) is 65.7 Å². The second kappa shape index (κ2) is 8.22. The zero-order valence-corrected chi connectivity index (χ0v) is 15.4. The zero-order chi connectivity index (χ0) is 19.3. The van der Waals surface area contributed by atoms with Gasteiger partial charge in [0.05, 0.1) is 20.8 Å². The molecule has 6 heteroatoms. The van der Waals surface area contributed by atoms with Gasteiger partial charge in [-0.1, -0.05) is 36.4 Å². The van der Waals surface area contributed by atoms with Crippen molar-refractivity contribution in [1.82, 2.24) is 4.90 Å². The Bertz CT molecular complexity index is 824. The minimum absolute atomic E-state index is 0.181. The van der Waals surface area contributed by atoms with Crippen molar-refractivity contribution in [2.75, 3.05) is 34.0 Å². The summed E-state index contributed by atoms with van der Waals surface area (Å²) in [5.74, 6) is -1.25. The van der Waals surface area contributed by atoms with Gasteiger partial charge >= 0.3 is 0 Å². The van der Waals surface area contributed by atoms with E-state index >= 15 is 4.39 Å². The van der Waals surface area contributed by atoms with Crippen LogP contribution in [0.15, 0.2) is 54.6 Å². The van der Waals surface area contributed by atoms with Gasteiger partial charge in [-0.15, -0.1) is 0 Å². The van der Waals surface area contributed by atoms with E-state index in [4.69, 9.17) is 14.2 Å². The molecule has 1 fully saturated rings. The number of hydrogen-bond donors (Lipinski definition) is 0.